The number of piperidine rings is 1. The lowest BCUT2D eigenvalue weighted by molar-refractivity contribution is -0.154. The Morgan fingerprint density at radius 1 is 1.00 bits per heavy atom. The summed E-state index contributed by atoms with van der Waals surface area (Å²) in [6.45, 7) is 2.08. The van der Waals surface area contributed by atoms with Crippen LogP contribution in [0.5, 0.6) is 5.75 Å². The fraction of sp³-hybridized carbons (Fsp3) is 0.548. The van der Waals surface area contributed by atoms with Gasteiger partial charge in [-0.25, -0.2) is 4.79 Å². The molecule has 3 saturated heterocycles. The molecule has 0 radical (unpaired) electrons. The van der Waals surface area contributed by atoms with Crippen LogP contribution in [-0.2, 0) is 20.7 Å². The summed E-state index contributed by atoms with van der Waals surface area (Å²) in [5.41, 5.74) is 1.92. The molecule has 3 heterocycles. The van der Waals surface area contributed by atoms with Gasteiger partial charge in [0, 0.05) is 13.1 Å². The zero-order valence-corrected chi connectivity index (χ0v) is 23.2. The Labute approximate surface area is 236 Å². The first-order valence-electron chi connectivity index (χ1n) is 14.4. The number of ether oxygens (including phenoxy) is 3. The molecule has 0 saturated carbocycles. The van der Waals surface area contributed by atoms with E-state index in [1.807, 2.05) is 23.1 Å². The van der Waals surface area contributed by atoms with Gasteiger partial charge in [-0.2, -0.15) is 0 Å². The van der Waals surface area contributed by atoms with Crippen molar-refractivity contribution in [3.8, 4) is 5.75 Å². The third-order valence-corrected chi connectivity index (χ3v) is 8.33. The minimum Gasteiger partial charge on any atom is -0.495 e. The highest BCUT2D eigenvalue weighted by molar-refractivity contribution is 5.91. The van der Waals surface area contributed by atoms with Gasteiger partial charge >= 0.3 is 6.03 Å². The molecular weight excluding hydrogens is 510 g/mol. The van der Waals surface area contributed by atoms with Gasteiger partial charge in [-0.05, 0) is 55.7 Å². The number of carbonyl (C=O) groups is 2. The SMILES string of the molecule is COc1ccccc1NC(=O)N1C[C@H](O)COC[C@@H]2O[C@@H](CC(=O)N3CCC(Cc4ccccc4)CC3)CC[C@H]21. The van der Waals surface area contributed by atoms with Crippen LogP contribution in [0.2, 0.25) is 0 Å². The molecule has 3 aliphatic heterocycles. The molecule has 0 bridgehead atoms. The molecule has 0 aliphatic carbocycles. The maximum Gasteiger partial charge on any atom is 0.322 e. The lowest BCUT2D eigenvalue weighted by atomic mass is 9.90. The number of benzene rings is 2. The van der Waals surface area contributed by atoms with E-state index in [1.54, 1.807) is 24.1 Å². The number of likely N-dealkylation sites (tertiary alicyclic amines) is 1. The van der Waals surface area contributed by atoms with Crippen molar-refractivity contribution in [1.29, 1.82) is 0 Å². The Kier molecular flexibility index (Phi) is 9.57. The van der Waals surface area contributed by atoms with Gasteiger partial charge in [0.15, 0.2) is 0 Å². The van der Waals surface area contributed by atoms with Gasteiger partial charge in [-0.15, -0.1) is 0 Å². The second-order valence-electron chi connectivity index (χ2n) is 11.1. The van der Waals surface area contributed by atoms with Gasteiger partial charge in [0.25, 0.3) is 0 Å². The Hall–Kier alpha value is -3.14. The predicted molar refractivity (Wildman–Crippen MR) is 151 cm³/mol. The second-order valence-corrected chi connectivity index (χ2v) is 11.1. The van der Waals surface area contributed by atoms with E-state index < -0.39 is 6.10 Å². The molecule has 4 atom stereocenters. The molecule has 0 unspecified atom stereocenters. The maximum atomic E-state index is 13.4. The molecule has 5 rings (SSSR count). The Bertz CT molecular complexity index is 1120. The van der Waals surface area contributed by atoms with E-state index in [0.717, 1.165) is 32.4 Å². The average Bonchev–Trinajstić information content (AvgIpc) is 2.96. The molecule has 2 N–H and O–H groups in total. The van der Waals surface area contributed by atoms with Crippen LogP contribution in [0, 0.1) is 5.92 Å². The number of β-amino-alcohol motifs (C(OH)–C–C–N with tert-alkyl or cyclic N) is 1. The molecular formula is C31H41N3O6. The number of fused-ring (bicyclic) bond motifs is 1. The number of amides is 3. The largest absolute Gasteiger partial charge is 0.495 e. The minimum absolute atomic E-state index is 0.118. The summed E-state index contributed by atoms with van der Waals surface area (Å²) in [6.07, 6.45) is 3.36. The number of carbonyl (C=O) groups excluding carboxylic acids is 2. The number of nitrogens with one attached hydrogen (secondary N) is 1. The normalized spacial score (nSPS) is 25.9. The van der Waals surface area contributed by atoms with Crippen molar-refractivity contribution in [2.24, 2.45) is 5.92 Å². The average molecular weight is 552 g/mol. The van der Waals surface area contributed by atoms with Crippen LogP contribution in [0.25, 0.3) is 0 Å². The van der Waals surface area contributed by atoms with Crippen molar-refractivity contribution in [3.63, 3.8) is 0 Å². The van der Waals surface area contributed by atoms with Crippen molar-refractivity contribution in [2.75, 3.05) is 45.3 Å². The summed E-state index contributed by atoms with van der Waals surface area (Å²) in [7, 11) is 1.56. The van der Waals surface area contributed by atoms with Crippen LogP contribution >= 0.6 is 0 Å². The number of aliphatic hydroxyl groups is 1. The number of nitrogens with zero attached hydrogens (tertiary/aromatic N) is 2. The van der Waals surface area contributed by atoms with Crippen molar-refractivity contribution in [3.05, 3.63) is 60.2 Å². The van der Waals surface area contributed by atoms with E-state index in [0.29, 0.717) is 36.6 Å². The fourth-order valence-electron chi connectivity index (χ4n) is 6.17. The van der Waals surface area contributed by atoms with E-state index >= 15 is 0 Å². The number of rotatable bonds is 6. The van der Waals surface area contributed by atoms with E-state index in [4.69, 9.17) is 14.2 Å². The first kappa shape index (κ1) is 28.4. The number of anilines is 1. The number of urea groups is 1. The van der Waals surface area contributed by atoms with E-state index in [2.05, 4.69) is 29.6 Å². The van der Waals surface area contributed by atoms with Crippen molar-refractivity contribution < 1.29 is 28.9 Å². The lowest BCUT2D eigenvalue weighted by Gasteiger charge is -2.44. The van der Waals surface area contributed by atoms with Gasteiger partial charge in [-0.1, -0.05) is 42.5 Å². The lowest BCUT2D eigenvalue weighted by Crippen LogP contribution is -2.58. The first-order chi connectivity index (χ1) is 19.5. The third-order valence-electron chi connectivity index (χ3n) is 8.33. The highest BCUT2D eigenvalue weighted by atomic mass is 16.5. The van der Waals surface area contributed by atoms with Crippen LogP contribution < -0.4 is 10.1 Å². The van der Waals surface area contributed by atoms with Crippen LogP contribution in [0.4, 0.5) is 10.5 Å². The molecule has 2 aromatic rings. The smallest absolute Gasteiger partial charge is 0.322 e. The Morgan fingerprint density at radius 3 is 2.52 bits per heavy atom. The zero-order valence-electron chi connectivity index (χ0n) is 23.2. The highest BCUT2D eigenvalue weighted by Gasteiger charge is 2.40. The molecule has 3 amide bonds. The molecule has 2 aromatic carbocycles. The van der Waals surface area contributed by atoms with Crippen molar-refractivity contribution >= 4 is 17.6 Å². The van der Waals surface area contributed by atoms with E-state index in [9.17, 15) is 14.7 Å². The molecule has 40 heavy (non-hydrogen) atoms. The summed E-state index contributed by atoms with van der Waals surface area (Å²) < 4.78 is 17.5. The quantitative estimate of drug-likeness (QED) is 0.568. The maximum absolute atomic E-state index is 13.4. The third kappa shape index (κ3) is 7.13. The van der Waals surface area contributed by atoms with Gasteiger partial charge in [0.2, 0.25) is 5.91 Å². The molecule has 216 valence electrons. The summed E-state index contributed by atoms with van der Waals surface area (Å²) in [6, 6.07) is 17.2. The Balaban J connectivity index is 1.16. The van der Waals surface area contributed by atoms with Gasteiger partial charge < -0.3 is 34.4 Å². The second kappa shape index (κ2) is 13.5. The zero-order chi connectivity index (χ0) is 27.9. The Morgan fingerprint density at radius 2 is 1.75 bits per heavy atom. The molecule has 3 fully saturated rings. The number of hydrogen-bond acceptors (Lipinski definition) is 6. The summed E-state index contributed by atoms with van der Waals surface area (Å²) in [4.78, 5) is 30.2. The van der Waals surface area contributed by atoms with Crippen LogP contribution in [0.15, 0.2) is 54.6 Å². The molecule has 9 nitrogen and oxygen atoms in total. The van der Waals surface area contributed by atoms with Gasteiger partial charge in [0.05, 0.1) is 57.2 Å². The predicted octanol–water partition coefficient (Wildman–Crippen LogP) is 3.71. The highest BCUT2D eigenvalue weighted by Crippen LogP contribution is 2.30. The van der Waals surface area contributed by atoms with Gasteiger partial charge in [0.1, 0.15) is 11.9 Å². The summed E-state index contributed by atoms with van der Waals surface area (Å²) in [5.74, 6) is 1.30. The summed E-state index contributed by atoms with van der Waals surface area (Å²) in [5, 5.41) is 13.4. The minimum atomic E-state index is -0.798. The first-order valence-corrected chi connectivity index (χ1v) is 14.4. The van der Waals surface area contributed by atoms with Crippen LogP contribution in [0.3, 0.4) is 0 Å². The molecule has 0 aromatic heterocycles. The molecule has 0 spiro atoms. The van der Waals surface area contributed by atoms with E-state index in [-0.39, 0.29) is 49.9 Å². The number of hydrogen-bond donors (Lipinski definition) is 2. The van der Waals surface area contributed by atoms with E-state index in [1.165, 1.54) is 5.56 Å². The molecule has 9 heteroatoms. The van der Waals surface area contributed by atoms with Gasteiger partial charge in [-0.3, -0.25) is 4.79 Å². The van der Waals surface area contributed by atoms with Crippen LogP contribution in [-0.4, -0.2) is 91.2 Å². The number of para-hydroxylation sites is 2. The standard InChI is InChI=1S/C31H41N3O6/c1-38-28-10-6-5-9-26(28)32-31(37)34-19-24(35)20-39-21-29-27(34)12-11-25(40-29)18-30(36)33-15-13-23(14-16-33)17-22-7-3-2-4-8-22/h2-10,23-25,27,29,35H,11-21H2,1H3,(H,32,37)/t24-,25+,27+,29-/m0/s1. The number of aliphatic hydroxyl groups excluding tert-OH is 1. The van der Waals surface area contributed by atoms with Crippen molar-refractivity contribution in [2.45, 2.75) is 62.9 Å². The van der Waals surface area contributed by atoms with Crippen LogP contribution in [0.1, 0.15) is 37.7 Å². The topological polar surface area (TPSA) is 101 Å². The molecule has 3 aliphatic rings. The van der Waals surface area contributed by atoms with Crippen molar-refractivity contribution in [1.82, 2.24) is 9.80 Å². The number of methoxy groups -OCH3 is 1. The fourth-order valence-corrected chi connectivity index (χ4v) is 6.17. The monoisotopic (exact) mass is 551 g/mol. The summed E-state index contributed by atoms with van der Waals surface area (Å²) >= 11 is 0.